The zero-order valence-corrected chi connectivity index (χ0v) is 8.33. The van der Waals surface area contributed by atoms with Gasteiger partial charge in [0.1, 0.15) is 0 Å². The predicted octanol–water partition coefficient (Wildman–Crippen LogP) is 0.560. The van der Waals surface area contributed by atoms with Crippen LogP contribution in [-0.2, 0) is 4.79 Å². The molecule has 0 aromatic rings. The topological polar surface area (TPSA) is 23.6 Å². The third kappa shape index (κ3) is 1.85. The fraction of sp³-hybridized carbons (Fsp3) is 0.900. The smallest absolute Gasteiger partial charge is 0.227 e. The number of carbonyl (C=O) groups excluding carboxylic acids is 1. The molecule has 2 saturated heterocycles. The molecule has 0 aliphatic carbocycles. The Morgan fingerprint density at radius 1 is 1.23 bits per heavy atom. The molecular formula is C10H18N2O. The van der Waals surface area contributed by atoms with Crippen molar-refractivity contribution >= 4 is 5.91 Å². The van der Waals surface area contributed by atoms with E-state index in [1.807, 2.05) is 4.90 Å². The van der Waals surface area contributed by atoms with Gasteiger partial charge in [-0.25, -0.2) is 0 Å². The molecule has 3 nitrogen and oxygen atoms in total. The van der Waals surface area contributed by atoms with Crippen molar-refractivity contribution in [2.75, 3.05) is 33.2 Å². The molecule has 74 valence electrons. The van der Waals surface area contributed by atoms with Crippen LogP contribution in [0.2, 0.25) is 0 Å². The van der Waals surface area contributed by atoms with Gasteiger partial charge in [-0.15, -0.1) is 0 Å². The minimum absolute atomic E-state index is 0.295. The number of nitrogens with zero attached hydrogens (tertiary/aromatic N) is 2. The highest BCUT2D eigenvalue weighted by Gasteiger charge is 2.30. The van der Waals surface area contributed by atoms with Gasteiger partial charge < -0.3 is 9.80 Å². The second-order valence-electron chi connectivity index (χ2n) is 4.28. The normalized spacial score (nSPS) is 29.9. The zero-order valence-electron chi connectivity index (χ0n) is 8.33. The molecular weight excluding hydrogens is 164 g/mol. The molecule has 2 aliphatic rings. The molecule has 0 radical (unpaired) electrons. The van der Waals surface area contributed by atoms with Crippen LogP contribution < -0.4 is 0 Å². The van der Waals surface area contributed by atoms with Crippen LogP contribution in [0, 0.1) is 5.92 Å². The summed E-state index contributed by atoms with van der Waals surface area (Å²) in [6.45, 7) is 4.05. The Hall–Kier alpha value is -0.570. The molecule has 0 saturated carbocycles. The van der Waals surface area contributed by atoms with Crippen molar-refractivity contribution in [2.45, 2.75) is 19.3 Å². The molecule has 2 rings (SSSR count). The Morgan fingerprint density at radius 3 is 2.46 bits per heavy atom. The number of likely N-dealkylation sites (tertiary alicyclic amines) is 2. The standard InChI is InChI=1S/C10H18N2O/c1-11-7-4-9(8-11)10(13)12-5-2-3-6-12/h9H,2-8H2,1H3. The summed E-state index contributed by atoms with van der Waals surface area (Å²) in [7, 11) is 2.09. The lowest BCUT2D eigenvalue weighted by Gasteiger charge is -2.19. The van der Waals surface area contributed by atoms with E-state index in [4.69, 9.17) is 0 Å². The highest BCUT2D eigenvalue weighted by atomic mass is 16.2. The monoisotopic (exact) mass is 182 g/mol. The highest BCUT2D eigenvalue weighted by molar-refractivity contribution is 5.79. The maximum absolute atomic E-state index is 11.9. The Balaban J connectivity index is 1.89. The summed E-state index contributed by atoms with van der Waals surface area (Å²) in [5.74, 6) is 0.699. The van der Waals surface area contributed by atoms with Crippen molar-refractivity contribution in [1.29, 1.82) is 0 Å². The molecule has 0 aromatic carbocycles. The van der Waals surface area contributed by atoms with Crippen LogP contribution in [0.25, 0.3) is 0 Å². The van der Waals surface area contributed by atoms with E-state index in [2.05, 4.69) is 11.9 Å². The molecule has 2 fully saturated rings. The predicted molar refractivity (Wildman–Crippen MR) is 51.4 cm³/mol. The molecule has 0 bridgehead atoms. The van der Waals surface area contributed by atoms with Crippen LogP contribution in [0.3, 0.4) is 0 Å². The van der Waals surface area contributed by atoms with Crippen molar-refractivity contribution in [3.63, 3.8) is 0 Å². The second-order valence-corrected chi connectivity index (χ2v) is 4.28. The van der Waals surface area contributed by atoms with Crippen LogP contribution in [0.5, 0.6) is 0 Å². The van der Waals surface area contributed by atoms with Gasteiger partial charge in [0.2, 0.25) is 5.91 Å². The highest BCUT2D eigenvalue weighted by Crippen LogP contribution is 2.19. The molecule has 13 heavy (non-hydrogen) atoms. The van der Waals surface area contributed by atoms with Gasteiger partial charge in [0.15, 0.2) is 0 Å². The number of hydrogen-bond donors (Lipinski definition) is 0. The third-order valence-corrected chi connectivity index (χ3v) is 3.16. The first-order valence-corrected chi connectivity index (χ1v) is 5.25. The van der Waals surface area contributed by atoms with Gasteiger partial charge in [0.05, 0.1) is 5.92 Å². The minimum Gasteiger partial charge on any atom is -0.342 e. The first-order valence-electron chi connectivity index (χ1n) is 5.25. The summed E-state index contributed by atoms with van der Waals surface area (Å²) in [6.07, 6.45) is 3.47. The van der Waals surface area contributed by atoms with Gasteiger partial charge in [-0.1, -0.05) is 0 Å². The molecule has 0 aromatic heterocycles. The van der Waals surface area contributed by atoms with E-state index in [9.17, 15) is 4.79 Å². The van der Waals surface area contributed by atoms with Gasteiger partial charge in [-0.3, -0.25) is 4.79 Å². The molecule has 3 heteroatoms. The van der Waals surface area contributed by atoms with E-state index < -0.39 is 0 Å². The summed E-state index contributed by atoms with van der Waals surface area (Å²) in [5.41, 5.74) is 0. The summed E-state index contributed by atoms with van der Waals surface area (Å²) >= 11 is 0. The van der Waals surface area contributed by atoms with Crippen LogP contribution in [0.15, 0.2) is 0 Å². The van der Waals surface area contributed by atoms with Gasteiger partial charge in [-0.2, -0.15) is 0 Å². The third-order valence-electron chi connectivity index (χ3n) is 3.16. The Kier molecular flexibility index (Phi) is 2.54. The molecule has 0 spiro atoms. The van der Waals surface area contributed by atoms with Crippen molar-refractivity contribution in [3.8, 4) is 0 Å². The molecule has 0 N–H and O–H groups in total. The zero-order chi connectivity index (χ0) is 9.26. The first-order chi connectivity index (χ1) is 6.27. The number of rotatable bonds is 1. The van der Waals surface area contributed by atoms with E-state index in [0.717, 1.165) is 32.6 Å². The molecule has 2 heterocycles. The summed E-state index contributed by atoms with van der Waals surface area (Å²) < 4.78 is 0. The molecule has 2 aliphatic heterocycles. The van der Waals surface area contributed by atoms with Crippen molar-refractivity contribution in [2.24, 2.45) is 5.92 Å². The average Bonchev–Trinajstić information content (AvgIpc) is 2.72. The van der Waals surface area contributed by atoms with Gasteiger partial charge in [0.25, 0.3) is 0 Å². The van der Waals surface area contributed by atoms with E-state index in [1.54, 1.807) is 0 Å². The summed E-state index contributed by atoms with van der Waals surface area (Å²) in [5, 5.41) is 0. The van der Waals surface area contributed by atoms with Crippen molar-refractivity contribution < 1.29 is 4.79 Å². The Morgan fingerprint density at radius 2 is 1.92 bits per heavy atom. The first kappa shape index (κ1) is 9.00. The molecule has 1 unspecified atom stereocenters. The van der Waals surface area contributed by atoms with E-state index >= 15 is 0 Å². The van der Waals surface area contributed by atoms with Crippen LogP contribution in [-0.4, -0.2) is 48.9 Å². The lowest BCUT2D eigenvalue weighted by atomic mass is 10.1. The quantitative estimate of drug-likeness (QED) is 0.591. The van der Waals surface area contributed by atoms with Gasteiger partial charge >= 0.3 is 0 Å². The maximum atomic E-state index is 11.9. The van der Waals surface area contributed by atoms with Crippen molar-refractivity contribution in [1.82, 2.24) is 9.80 Å². The number of amides is 1. The lowest BCUT2D eigenvalue weighted by molar-refractivity contribution is -0.133. The van der Waals surface area contributed by atoms with E-state index in [-0.39, 0.29) is 0 Å². The SMILES string of the molecule is CN1CCC(C(=O)N2CCCC2)C1. The average molecular weight is 182 g/mol. The van der Waals surface area contributed by atoms with E-state index in [0.29, 0.717) is 11.8 Å². The van der Waals surface area contributed by atoms with E-state index in [1.165, 1.54) is 12.8 Å². The van der Waals surface area contributed by atoms with Crippen LogP contribution in [0.1, 0.15) is 19.3 Å². The number of carbonyl (C=O) groups is 1. The number of hydrogen-bond acceptors (Lipinski definition) is 2. The molecule has 1 atom stereocenters. The van der Waals surface area contributed by atoms with Crippen LogP contribution in [0.4, 0.5) is 0 Å². The lowest BCUT2D eigenvalue weighted by Crippen LogP contribution is -2.34. The Bertz CT molecular complexity index is 199. The minimum atomic E-state index is 0.295. The fourth-order valence-electron chi connectivity index (χ4n) is 2.33. The van der Waals surface area contributed by atoms with Gasteiger partial charge in [0, 0.05) is 19.6 Å². The van der Waals surface area contributed by atoms with Crippen LogP contribution >= 0.6 is 0 Å². The Labute approximate surface area is 79.7 Å². The summed E-state index contributed by atoms with van der Waals surface area (Å²) in [4.78, 5) is 16.2. The second kappa shape index (κ2) is 3.66. The summed E-state index contributed by atoms with van der Waals surface area (Å²) in [6, 6.07) is 0. The largest absolute Gasteiger partial charge is 0.342 e. The molecule has 1 amide bonds. The van der Waals surface area contributed by atoms with Gasteiger partial charge in [-0.05, 0) is 32.9 Å². The fourth-order valence-corrected chi connectivity index (χ4v) is 2.33. The maximum Gasteiger partial charge on any atom is 0.227 e. The van der Waals surface area contributed by atoms with Crippen molar-refractivity contribution in [3.05, 3.63) is 0 Å².